The zero-order valence-electron chi connectivity index (χ0n) is 13.2. The van der Waals surface area contributed by atoms with Gasteiger partial charge in [-0.05, 0) is 35.9 Å². The van der Waals surface area contributed by atoms with Gasteiger partial charge in [-0.3, -0.25) is 9.59 Å². The minimum absolute atomic E-state index is 0.193. The molecule has 1 atom stereocenters. The third-order valence-electron chi connectivity index (χ3n) is 3.98. The Bertz CT molecular complexity index is 761. The number of nitrogens with zero attached hydrogens (tertiary/aromatic N) is 1. The van der Waals surface area contributed by atoms with E-state index in [1.54, 1.807) is 60.5 Å². The van der Waals surface area contributed by atoms with E-state index >= 15 is 0 Å². The number of carbonyl (C=O) groups excluding carboxylic acids is 2. The zero-order valence-corrected chi connectivity index (χ0v) is 13.9. The van der Waals surface area contributed by atoms with Gasteiger partial charge in [0.05, 0.1) is 7.11 Å². The Morgan fingerprint density at radius 1 is 1.25 bits per heavy atom. The zero-order chi connectivity index (χ0) is 17.1. The number of benzene rings is 2. The molecule has 2 amide bonds. The number of hydrogen-bond acceptors (Lipinski definition) is 3. The quantitative estimate of drug-likeness (QED) is 0.931. The highest BCUT2D eigenvalue weighted by Crippen LogP contribution is 2.27. The largest absolute Gasteiger partial charge is 0.497 e. The maximum Gasteiger partial charge on any atom is 0.254 e. The van der Waals surface area contributed by atoms with Crippen LogP contribution in [-0.4, -0.2) is 36.9 Å². The van der Waals surface area contributed by atoms with Crippen molar-refractivity contribution in [1.82, 2.24) is 10.2 Å². The van der Waals surface area contributed by atoms with Crippen molar-refractivity contribution < 1.29 is 14.3 Å². The molecule has 0 saturated carbocycles. The molecule has 6 heteroatoms. The number of ether oxygens (including phenoxy) is 1. The average Bonchev–Trinajstić information content (AvgIpc) is 2.61. The summed E-state index contributed by atoms with van der Waals surface area (Å²) in [6.45, 7) is 0.867. The number of carbonyl (C=O) groups is 2. The molecule has 1 saturated heterocycles. The van der Waals surface area contributed by atoms with Crippen LogP contribution in [0.1, 0.15) is 22.0 Å². The summed E-state index contributed by atoms with van der Waals surface area (Å²) in [5, 5.41) is 3.31. The normalized spacial score (nSPS) is 17.3. The fourth-order valence-corrected chi connectivity index (χ4v) is 2.98. The number of hydrogen-bond donors (Lipinski definition) is 1. The van der Waals surface area contributed by atoms with Crippen molar-refractivity contribution in [2.24, 2.45) is 0 Å². The van der Waals surface area contributed by atoms with Gasteiger partial charge in [-0.25, -0.2) is 0 Å². The van der Waals surface area contributed by atoms with E-state index in [0.717, 1.165) is 5.56 Å². The van der Waals surface area contributed by atoms with Gasteiger partial charge >= 0.3 is 0 Å². The smallest absolute Gasteiger partial charge is 0.254 e. The summed E-state index contributed by atoms with van der Waals surface area (Å²) >= 11 is 5.98. The molecule has 0 bridgehead atoms. The second-order valence-corrected chi connectivity index (χ2v) is 5.91. The summed E-state index contributed by atoms with van der Waals surface area (Å²) in [6.07, 6.45) is 0. The SMILES string of the molecule is COc1ccc(C2C(=O)NCCN2C(=O)c2cccc(Cl)c2)cc1. The topological polar surface area (TPSA) is 58.6 Å². The molecule has 1 aliphatic rings. The fourth-order valence-electron chi connectivity index (χ4n) is 2.79. The van der Waals surface area contributed by atoms with Gasteiger partial charge in [0.1, 0.15) is 11.8 Å². The Morgan fingerprint density at radius 2 is 2.00 bits per heavy atom. The van der Waals surface area contributed by atoms with Gasteiger partial charge in [0, 0.05) is 23.7 Å². The highest BCUT2D eigenvalue weighted by Gasteiger charge is 2.34. The lowest BCUT2D eigenvalue weighted by molar-refractivity contribution is -0.128. The molecular weight excluding hydrogens is 328 g/mol. The van der Waals surface area contributed by atoms with Crippen LogP contribution in [0.5, 0.6) is 5.75 Å². The Morgan fingerprint density at radius 3 is 2.67 bits per heavy atom. The summed E-state index contributed by atoms with van der Waals surface area (Å²) in [5.41, 5.74) is 1.21. The van der Waals surface area contributed by atoms with E-state index in [9.17, 15) is 9.59 Å². The molecule has 24 heavy (non-hydrogen) atoms. The van der Waals surface area contributed by atoms with Crippen LogP contribution in [-0.2, 0) is 4.79 Å². The van der Waals surface area contributed by atoms with Crippen LogP contribution in [0.4, 0.5) is 0 Å². The van der Waals surface area contributed by atoms with Gasteiger partial charge in [-0.2, -0.15) is 0 Å². The molecule has 0 radical (unpaired) electrons. The number of amides is 2. The minimum Gasteiger partial charge on any atom is -0.497 e. The first-order valence-electron chi connectivity index (χ1n) is 7.58. The van der Waals surface area contributed by atoms with Gasteiger partial charge in [0.2, 0.25) is 5.91 Å². The van der Waals surface area contributed by atoms with Crippen molar-refractivity contribution in [2.75, 3.05) is 20.2 Å². The molecule has 5 nitrogen and oxygen atoms in total. The summed E-state index contributed by atoms with van der Waals surface area (Å²) in [7, 11) is 1.58. The molecular formula is C18H17ClN2O3. The maximum atomic E-state index is 12.9. The Labute approximate surface area is 145 Å². The van der Waals surface area contributed by atoms with Crippen molar-refractivity contribution in [1.29, 1.82) is 0 Å². The number of halogens is 1. The van der Waals surface area contributed by atoms with E-state index < -0.39 is 6.04 Å². The lowest BCUT2D eigenvalue weighted by Gasteiger charge is -2.35. The molecule has 2 aromatic carbocycles. The van der Waals surface area contributed by atoms with Crippen LogP contribution < -0.4 is 10.1 Å². The Hall–Kier alpha value is -2.53. The van der Waals surface area contributed by atoms with Crippen LogP contribution in [0.3, 0.4) is 0 Å². The minimum atomic E-state index is -0.670. The molecule has 3 rings (SSSR count). The van der Waals surface area contributed by atoms with Gasteiger partial charge in [0.15, 0.2) is 0 Å². The molecule has 1 fully saturated rings. The van der Waals surface area contributed by atoms with E-state index in [1.807, 2.05) is 0 Å². The Kier molecular flexibility index (Phi) is 4.71. The highest BCUT2D eigenvalue weighted by atomic mass is 35.5. The molecule has 1 unspecified atom stereocenters. The van der Waals surface area contributed by atoms with Crippen LogP contribution in [0.2, 0.25) is 5.02 Å². The third-order valence-corrected chi connectivity index (χ3v) is 4.21. The molecule has 2 aromatic rings. The predicted octanol–water partition coefficient (Wildman–Crippen LogP) is 2.66. The molecule has 1 aliphatic heterocycles. The maximum absolute atomic E-state index is 12.9. The van der Waals surface area contributed by atoms with Crippen LogP contribution in [0.15, 0.2) is 48.5 Å². The number of rotatable bonds is 3. The number of piperazine rings is 1. The van der Waals surface area contributed by atoms with E-state index in [2.05, 4.69) is 5.32 Å². The average molecular weight is 345 g/mol. The molecule has 0 aliphatic carbocycles. The van der Waals surface area contributed by atoms with E-state index in [4.69, 9.17) is 16.3 Å². The molecule has 0 aromatic heterocycles. The summed E-state index contributed by atoms with van der Waals surface area (Å²) in [6, 6.07) is 13.2. The first-order chi connectivity index (χ1) is 11.6. The second kappa shape index (κ2) is 6.93. The predicted molar refractivity (Wildman–Crippen MR) is 91.2 cm³/mol. The fraction of sp³-hybridized carbons (Fsp3) is 0.222. The van der Waals surface area contributed by atoms with Gasteiger partial charge in [-0.1, -0.05) is 29.8 Å². The summed E-state index contributed by atoms with van der Waals surface area (Å²) in [4.78, 5) is 26.8. The van der Waals surface area contributed by atoms with E-state index in [0.29, 0.717) is 29.4 Å². The monoisotopic (exact) mass is 344 g/mol. The van der Waals surface area contributed by atoms with E-state index in [-0.39, 0.29) is 11.8 Å². The van der Waals surface area contributed by atoms with E-state index in [1.165, 1.54) is 0 Å². The molecule has 0 spiro atoms. The first kappa shape index (κ1) is 16.3. The second-order valence-electron chi connectivity index (χ2n) is 5.48. The molecule has 1 heterocycles. The van der Waals surface area contributed by atoms with Crippen LogP contribution >= 0.6 is 11.6 Å². The standard InChI is InChI=1S/C18H17ClN2O3/c1-24-15-7-5-12(6-8-15)16-17(22)20-9-10-21(16)18(23)13-3-2-4-14(19)11-13/h2-8,11,16H,9-10H2,1H3,(H,20,22). The lowest BCUT2D eigenvalue weighted by atomic mass is 10.0. The van der Waals surface area contributed by atoms with Crippen molar-refractivity contribution >= 4 is 23.4 Å². The Balaban J connectivity index is 1.94. The molecule has 1 N–H and O–H groups in total. The number of nitrogens with one attached hydrogen (secondary N) is 1. The van der Waals surface area contributed by atoms with Gasteiger partial charge in [0.25, 0.3) is 5.91 Å². The van der Waals surface area contributed by atoms with Gasteiger partial charge < -0.3 is 15.0 Å². The molecule has 124 valence electrons. The van der Waals surface area contributed by atoms with Crippen molar-refractivity contribution in [3.8, 4) is 5.75 Å². The lowest BCUT2D eigenvalue weighted by Crippen LogP contribution is -2.52. The van der Waals surface area contributed by atoms with Crippen LogP contribution in [0, 0.1) is 0 Å². The third kappa shape index (κ3) is 3.21. The summed E-state index contributed by atoms with van der Waals surface area (Å²) in [5.74, 6) is 0.289. The van der Waals surface area contributed by atoms with Crippen molar-refractivity contribution in [2.45, 2.75) is 6.04 Å². The highest BCUT2D eigenvalue weighted by molar-refractivity contribution is 6.31. The first-order valence-corrected chi connectivity index (χ1v) is 7.96. The summed E-state index contributed by atoms with van der Waals surface area (Å²) < 4.78 is 5.14. The van der Waals surface area contributed by atoms with Crippen molar-refractivity contribution in [3.63, 3.8) is 0 Å². The van der Waals surface area contributed by atoms with Crippen LogP contribution in [0.25, 0.3) is 0 Å². The number of methoxy groups -OCH3 is 1. The van der Waals surface area contributed by atoms with Gasteiger partial charge in [-0.15, -0.1) is 0 Å². The van der Waals surface area contributed by atoms with Crippen molar-refractivity contribution in [3.05, 3.63) is 64.7 Å².